The molecule has 0 heterocycles. The number of rotatable bonds is 7. The maximum absolute atomic E-state index is 13.0. The molecule has 148 valence electrons. The summed E-state index contributed by atoms with van der Waals surface area (Å²) >= 11 is 3.41. The molecule has 0 spiro atoms. The lowest BCUT2D eigenvalue weighted by molar-refractivity contribution is -0.114. The van der Waals surface area contributed by atoms with Crippen molar-refractivity contribution < 1.29 is 9.59 Å². The largest absolute Gasteiger partial charge is 0.376 e. The maximum Gasteiger partial charge on any atom is 0.258 e. The van der Waals surface area contributed by atoms with Gasteiger partial charge in [0.15, 0.2) is 0 Å². The molecule has 2 amide bonds. The molecule has 0 aliphatic carbocycles. The zero-order chi connectivity index (χ0) is 20.6. The molecule has 0 saturated carbocycles. The molecule has 0 aromatic heterocycles. The normalized spacial score (nSPS) is 10.3. The zero-order valence-corrected chi connectivity index (χ0v) is 17.6. The minimum Gasteiger partial charge on any atom is -0.376 e. The fraction of sp³-hybridized carbons (Fsp3) is 0.130. The van der Waals surface area contributed by atoms with Gasteiger partial charge in [-0.3, -0.25) is 9.59 Å². The van der Waals surface area contributed by atoms with Gasteiger partial charge in [-0.05, 0) is 65.3 Å². The van der Waals surface area contributed by atoms with Crippen LogP contribution in [-0.2, 0) is 4.79 Å². The van der Waals surface area contributed by atoms with Crippen molar-refractivity contribution in [2.24, 2.45) is 0 Å². The molecule has 29 heavy (non-hydrogen) atoms. The summed E-state index contributed by atoms with van der Waals surface area (Å²) in [4.78, 5) is 26.9. The van der Waals surface area contributed by atoms with E-state index in [0.29, 0.717) is 23.5 Å². The topological polar surface area (TPSA) is 61.4 Å². The summed E-state index contributed by atoms with van der Waals surface area (Å²) in [6.45, 7) is 2.60. The van der Waals surface area contributed by atoms with Crippen LogP contribution in [0, 0.1) is 0 Å². The van der Waals surface area contributed by atoms with Crippen LogP contribution in [0.3, 0.4) is 0 Å². The number of halogens is 1. The lowest BCUT2D eigenvalue weighted by Gasteiger charge is -2.21. The van der Waals surface area contributed by atoms with Gasteiger partial charge in [0.25, 0.3) is 5.91 Å². The second kappa shape index (κ2) is 9.89. The maximum atomic E-state index is 13.0. The van der Waals surface area contributed by atoms with Crippen molar-refractivity contribution in [1.82, 2.24) is 0 Å². The van der Waals surface area contributed by atoms with Crippen molar-refractivity contribution >= 4 is 44.8 Å². The molecule has 0 atom stereocenters. The van der Waals surface area contributed by atoms with E-state index in [1.54, 1.807) is 23.1 Å². The molecule has 3 aromatic carbocycles. The number of anilines is 3. The highest BCUT2D eigenvalue weighted by atomic mass is 79.9. The highest BCUT2D eigenvalue weighted by Gasteiger charge is 2.16. The second-order valence-electron chi connectivity index (χ2n) is 6.35. The smallest absolute Gasteiger partial charge is 0.258 e. The van der Waals surface area contributed by atoms with E-state index in [4.69, 9.17) is 0 Å². The van der Waals surface area contributed by atoms with E-state index in [2.05, 4.69) is 26.6 Å². The molecular weight excluding hydrogens is 430 g/mol. The molecular formula is C23H22BrN3O2. The van der Waals surface area contributed by atoms with Crippen molar-refractivity contribution in [1.29, 1.82) is 0 Å². The average molecular weight is 452 g/mol. The van der Waals surface area contributed by atoms with Crippen LogP contribution >= 0.6 is 15.9 Å². The Morgan fingerprint density at radius 2 is 1.66 bits per heavy atom. The monoisotopic (exact) mass is 451 g/mol. The summed E-state index contributed by atoms with van der Waals surface area (Å²) in [5.74, 6) is -0.256. The molecule has 0 radical (unpaired) electrons. The van der Waals surface area contributed by atoms with Crippen LogP contribution in [0.5, 0.6) is 0 Å². The zero-order valence-electron chi connectivity index (χ0n) is 16.1. The van der Waals surface area contributed by atoms with Gasteiger partial charge < -0.3 is 15.5 Å². The summed E-state index contributed by atoms with van der Waals surface area (Å²) in [7, 11) is 0. The molecule has 2 N–H and O–H groups in total. The number of benzene rings is 3. The number of carbonyl (C=O) groups is 2. The van der Waals surface area contributed by atoms with Gasteiger partial charge in [0.2, 0.25) is 5.91 Å². The standard InChI is InChI=1S/C23H22BrN3O2/c1-2-27(19-11-4-3-5-12-19)23(29)17-9-8-10-18(15-17)25-16-22(28)26-21-14-7-6-13-20(21)24/h3-15,25H,2,16H2,1H3,(H,26,28). The summed E-state index contributed by atoms with van der Waals surface area (Å²) < 4.78 is 0.821. The van der Waals surface area contributed by atoms with Crippen LogP contribution in [0.4, 0.5) is 17.1 Å². The molecule has 0 bridgehead atoms. The Kier molecular flexibility index (Phi) is 7.03. The third kappa shape index (κ3) is 5.45. The summed E-state index contributed by atoms with van der Waals surface area (Å²) in [5, 5.41) is 5.92. The number of para-hydroxylation sites is 2. The van der Waals surface area contributed by atoms with Crippen LogP contribution in [0.15, 0.2) is 83.3 Å². The SMILES string of the molecule is CCN(C(=O)c1cccc(NCC(=O)Nc2ccccc2Br)c1)c1ccccc1. The number of nitrogens with one attached hydrogen (secondary N) is 2. The van der Waals surface area contributed by atoms with Crippen molar-refractivity contribution in [2.75, 3.05) is 28.6 Å². The number of carbonyl (C=O) groups excluding carboxylic acids is 2. The molecule has 0 fully saturated rings. The minimum atomic E-state index is -0.173. The highest BCUT2D eigenvalue weighted by Crippen LogP contribution is 2.21. The highest BCUT2D eigenvalue weighted by molar-refractivity contribution is 9.10. The van der Waals surface area contributed by atoms with Gasteiger partial charge in [-0.25, -0.2) is 0 Å². The van der Waals surface area contributed by atoms with Gasteiger partial charge >= 0.3 is 0 Å². The summed E-state index contributed by atoms with van der Waals surface area (Å²) in [6, 6.07) is 24.2. The van der Waals surface area contributed by atoms with E-state index >= 15 is 0 Å². The van der Waals surface area contributed by atoms with Gasteiger partial charge in [0.05, 0.1) is 12.2 Å². The predicted molar refractivity (Wildman–Crippen MR) is 121 cm³/mol. The lowest BCUT2D eigenvalue weighted by Crippen LogP contribution is -2.30. The Hall–Kier alpha value is -3.12. The van der Waals surface area contributed by atoms with Crippen molar-refractivity contribution in [2.45, 2.75) is 6.92 Å². The number of hydrogen-bond acceptors (Lipinski definition) is 3. The first-order chi connectivity index (χ1) is 14.1. The van der Waals surface area contributed by atoms with Crippen LogP contribution in [0.2, 0.25) is 0 Å². The number of amides is 2. The first-order valence-electron chi connectivity index (χ1n) is 9.33. The van der Waals surface area contributed by atoms with Gasteiger partial charge in [0, 0.05) is 28.0 Å². The van der Waals surface area contributed by atoms with Gasteiger partial charge in [-0.2, -0.15) is 0 Å². The van der Waals surface area contributed by atoms with E-state index in [9.17, 15) is 9.59 Å². The first kappa shape index (κ1) is 20.6. The summed E-state index contributed by atoms with van der Waals surface area (Å²) in [6.07, 6.45) is 0. The molecule has 0 saturated heterocycles. The Morgan fingerprint density at radius 3 is 2.38 bits per heavy atom. The Morgan fingerprint density at radius 1 is 0.931 bits per heavy atom. The number of nitrogens with zero attached hydrogens (tertiary/aromatic N) is 1. The van der Waals surface area contributed by atoms with Crippen molar-refractivity contribution in [3.63, 3.8) is 0 Å². The van der Waals surface area contributed by atoms with Crippen LogP contribution in [0.25, 0.3) is 0 Å². The minimum absolute atomic E-state index is 0.0833. The van der Waals surface area contributed by atoms with Crippen LogP contribution in [0.1, 0.15) is 17.3 Å². The van der Waals surface area contributed by atoms with Crippen molar-refractivity contribution in [3.05, 3.63) is 88.9 Å². The summed E-state index contributed by atoms with van der Waals surface area (Å²) in [5.41, 5.74) is 2.84. The van der Waals surface area contributed by atoms with Crippen LogP contribution < -0.4 is 15.5 Å². The predicted octanol–water partition coefficient (Wildman–Crippen LogP) is 5.17. The van der Waals surface area contributed by atoms with Gasteiger partial charge in [-0.1, -0.05) is 36.4 Å². The third-order valence-corrected chi connectivity index (χ3v) is 5.03. The average Bonchev–Trinajstić information content (AvgIpc) is 2.75. The Balaban J connectivity index is 1.65. The van der Waals surface area contributed by atoms with Crippen molar-refractivity contribution in [3.8, 4) is 0 Å². The molecule has 0 aliphatic heterocycles. The van der Waals surface area contributed by atoms with E-state index in [0.717, 1.165) is 10.2 Å². The van der Waals surface area contributed by atoms with Gasteiger partial charge in [-0.15, -0.1) is 0 Å². The second-order valence-corrected chi connectivity index (χ2v) is 7.20. The van der Waals surface area contributed by atoms with E-state index in [1.807, 2.05) is 67.6 Å². The molecule has 0 aliphatic rings. The third-order valence-electron chi connectivity index (χ3n) is 4.34. The number of hydrogen-bond donors (Lipinski definition) is 2. The Bertz CT molecular complexity index is 992. The van der Waals surface area contributed by atoms with E-state index in [-0.39, 0.29) is 18.4 Å². The fourth-order valence-electron chi connectivity index (χ4n) is 2.91. The molecule has 6 heteroatoms. The van der Waals surface area contributed by atoms with Gasteiger partial charge in [0.1, 0.15) is 0 Å². The van der Waals surface area contributed by atoms with E-state index in [1.165, 1.54) is 0 Å². The fourth-order valence-corrected chi connectivity index (χ4v) is 3.29. The molecule has 5 nitrogen and oxygen atoms in total. The van der Waals surface area contributed by atoms with E-state index < -0.39 is 0 Å². The Labute approximate surface area is 178 Å². The molecule has 3 aromatic rings. The first-order valence-corrected chi connectivity index (χ1v) is 10.1. The molecule has 0 unspecified atom stereocenters. The lowest BCUT2D eigenvalue weighted by atomic mass is 10.1. The molecule has 3 rings (SSSR count). The quantitative estimate of drug-likeness (QED) is 0.520. The van der Waals surface area contributed by atoms with Crippen LogP contribution in [-0.4, -0.2) is 24.9 Å².